The topological polar surface area (TPSA) is 113 Å². The lowest BCUT2D eigenvalue weighted by Gasteiger charge is -2.24. The molecule has 0 spiro atoms. The molecule has 9 nitrogen and oxygen atoms in total. The fourth-order valence-electron chi connectivity index (χ4n) is 4.16. The summed E-state index contributed by atoms with van der Waals surface area (Å²) in [5.74, 6) is 1.13. The molecule has 208 valence electrons. The summed E-state index contributed by atoms with van der Waals surface area (Å²) in [4.78, 5) is 38.9. The summed E-state index contributed by atoms with van der Waals surface area (Å²) in [7, 11) is 0. The van der Waals surface area contributed by atoms with Gasteiger partial charge in [-0.2, -0.15) is 5.10 Å². The Hall–Kier alpha value is -4.83. The number of nitrogens with zero attached hydrogens (tertiary/aromatic N) is 2. The molecule has 0 saturated carbocycles. The molecule has 3 amide bonds. The molecule has 2 N–H and O–H groups in total. The third-order valence-electron chi connectivity index (χ3n) is 6.29. The van der Waals surface area contributed by atoms with Gasteiger partial charge in [0.15, 0.2) is 6.61 Å². The number of carbonyl (C=O) groups excluding carboxylic acids is 3. The normalized spacial score (nSPS) is 14.8. The predicted molar refractivity (Wildman–Crippen MR) is 156 cm³/mol. The molecule has 1 saturated heterocycles. The zero-order chi connectivity index (χ0) is 28.4. The van der Waals surface area contributed by atoms with Crippen LogP contribution in [0.5, 0.6) is 5.75 Å². The molecule has 10 heteroatoms. The van der Waals surface area contributed by atoms with Gasteiger partial charge in [0.05, 0.1) is 24.8 Å². The van der Waals surface area contributed by atoms with Gasteiger partial charge in [-0.1, -0.05) is 42.5 Å². The van der Waals surface area contributed by atoms with Crippen molar-refractivity contribution in [1.82, 2.24) is 15.6 Å². The van der Waals surface area contributed by atoms with Crippen LogP contribution >= 0.6 is 11.8 Å². The summed E-state index contributed by atoms with van der Waals surface area (Å²) in [5, 5.41) is 6.66. The third-order valence-corrected chi connectivity index (χ3v) is 7.55. The molecular formula is C31H28N4O5S. The maximum atomic E-state index is 12.6. The highest BCUT2D eigenvalue weighted by Crippen LogP contribution is 2.39. The van der Waals surface area contributed by atoms with Crippen molar-refractivity contribution in [2.75, 3.05) is 12.4 Å². The molecule has 1 aliphatic rings. The average Bonchev–Trinajstić information content (AvgIpc) is 3.66. The van der Waals surface area contributed by atoms with Gasteiger partial charge in [-0.25, -0.2) is 5.43 Å². The second-order valence-electron chi connectivity index (χ2n) is 9.21. The largest absolute Gasteiger partial charge is 0.484 e. The van der Waals surface area contributed by atoms with E-state index in [1.807, 2.05) is 47.4 Å². The van der Waals surface area contributed by atoms with Crippen molar-refractivity contribution in [2.24, 2.45) is 5.10 Å². The number of thioether (sulfide) groups is 1. The lowest BCUT2D eigenvalue weighted by atomic mass is 10.1. The number of nitrogens with one attached hydrogen (secondary N) is 2. The van der Waals surface area contributed by atoms with Crippen molar-refractivity contribution in [1.29, 1.82) is 0 Å². The summed E-state index contributed by atoms with van der Waals surface area (Å²) < 4.78 is 10.7. The Morgan fingerprint density at radius 3 is 2.51 bits per heavy atom. The number of rotatable bonds is 11. The molecule has 0 aliphatic carbocycles. The van der Waals surface area contributed by atoms with Gasteiger partial charge in [0, 0.05) is 12.1 Å². The van der Waals surface area contributed by atoms with Crippen LogP contribution in [0.2, 0.25) is 0 Å². The van der Waals surface area contributed by atoms with E-state index in [9.17, 15) is 14.4 Å². The summed E-state index contributed by atoms with van der Waals surface area (Å²) in [5.41, 5.74) is 5.79. The molecule has 5 rings (SSSR count). The molecule has 3 aromatic carbocycles. The Bertz CT molecular complexity index is 1490. The summed E-state index contributed by atoms with van der Waals surface area (Å²) in [6, 6.07) is 27.6. The van der Waals surface area contributed by atoms with E-state index in [0.29, 0.717) is 35.9 Å². The molecule has 41 heavy (non-hydrogen) atoms. The maximum Gasteiger partial charge on any atom is 0.271 e. The molecular weight excluding hydrogens is 540 g/mol. The van der Waals surface area contributed by atoms with Gasteiger partial charge in [-0.05, 0) is 65.2 Å². The van der Waals surface area contributed by atoms with Crippen LogP contribution < -0.4 is 15.5 Å². The lowest BCUT2D eigenvalue weighted by Crippen LogP contribution is -2.28. The van der Waals surface area contributed by atoms with Gasteiger partial charge in [0.1, 0.15) is 16.9 Å². The van der Waals surface area contributed by atoms with E-state index in [-0.39, 0.29) is 29.7 Å². The van der Waals surface area contributed by atoms with E-state index in [4.69, 9.17) is 9.15 Å². The fraction of sp³-hybridized carbons (Fsp3) is 0.161. The van der Waals surface area contributed by atoms with E-state index in [0.717, 1.165) is 16.7 Å². The van der Waals surface area contributed by atoms with Crippen LogP contribution in [-0.4, -0.2) is 41.2 Å². The van der Waals surface area contributed by atoms with Crippen LogP contribution in [0.25, 0.3) is 0 Å². The van der Waals surface area contributed by atoms with Crippen molar-refractivity contribution in [3.63, 3.8) is 0 Å². The average molecular weight is 569 g/mol. The number of benzene rings is 3. The molecule has 2 heterocycles. The van der Waals surface area contributed by atoms with E-state index in [2.05, 4.69) is 15.8 Å². The minimum absolute atomic E-state index is 0.0964. The van der Waals surface area contributed by atoms with Crippen LogP contribution in [0, 0.1) is 0 Å². The van der Waals surface area contributed by atoms with Crippen LogP contribution in [0.4, 0.5) is 0 Å². The molecule has 0 radical (unpaired) electrons. The zero-order valence-corrected chi connectivity index (χ0v) is 22.9. The highest BCUT2D eigenvalue weighted by atomic mass is 32.2. The van der Waals surface area contributed by atoms with Crippen LogP contribution in [0.1, 0.15) is 38.2 Å². The quantitative estimate of drug-likeness (QED) is 0.203. The highest BCUT2D eigenvalue weighted by molar-refractivity contribution is 8.00. The second-order valence-corrected chi connectivity index (χ2v) is 10.3. The van der Waals surface area contributed by atoms with Crippen LogP contribution in [0.15, 0.2) is 107 Å². The standard InChI is InChI=1S/C31H28N4O5S/c36-28(32-18-27-7-4-16-39-27)20-40-26-14-8-22(9-15-26)17-33-34-30(38)24-10-12-25(13-11-24)31-35(29(37)21-41-31)19-23-5-2-1-3-6-23/h1-17,31H,18-21H2,(H,32,36)(H,34,38)/b33-17-/t31-/m0/s1. The molecule has 0 unspecified atom stereocenters. The van der Waals surface area contributed by atoms with Gasteiger partial charge < -0.3 is 19.4 Å². The van der Waals surface area contributed by atoms with Crippen molar-refractivity contribution in [2.45, 2.75) is 18.5 Å². The number of ether oxygens (including phenoxy) is 1. The first kappa shape index (κ1) is 27.7. The van der Waals surface area contributed by atoms with Crippen molar-refractivity contribution < 1.29 is 23.5 Å². The molecule has 1 aromatic heterocycles. The van der Waals surface area contributed by atoms with Gasteiger partial charge >= 0.3 is 0 Å². The molecule has 1 atom stereocenters. The third kappa shape index (κ3) is 7.64. The number of hydrazone groups is 1. The van der Waals surface area contributed by atoms with Crippen LogP contribution in [-0.2, 0) is 22.7 Å². The molecule has 0 bridgehead atoms. The van der Waals surface area contributed by atoms with Crippen molar-refractivity contribution in [3.05, 3.63) is 125 Å². The first-order valence-corrected chi connectivity index (χ1v) is 14.0. The second kappa shape index (κ2) is 13.5. The smallest absolute Gasteiger partial charge is 0.271 e. The van der Waals surface area contributed by atoms with Crippen molar-refractivity contribution >= 4 is 35.7 Å². The van der Waals surface area contributed by atoms with E-state index < -0.39 is 0 Å². The minimum atomic E-state index is -0.343. The Labute approximate surface area is 241 Å². The zero-order valence-electron chi connectivity index (χ0n) is 22.1. The maximum absolute atomic E-state index is 12.6. The lowest BCUT2D eigenvalue weighted by molar-refractivity contribution is -0.128. The number of amides is 3. The van der Waals surface area contributed by atoms with Gasteiger partial charge in [0.25, 0.3) is 11.8 Å². The monoisotopic (exact) mass is 568 g/mol. The van der Waals surface area contributed by atoms with Crippen molar-refractivity contribution in [3.8, 4) is 5.75 Å². The minimum Gasteiger partial charge on any atom is -0.484 e. The Morgan fingerprint density at radius 1 is 1.00 bits per heavy atom. The summed E-state index contributed by atoms with van der Waals surface area (Å²) >= 11 is 1.58. The van der Waals surface area contributed by atoms with E-state index in [1.54, 1.807) is 66.6 Å². The molecule has 1 fully saturated rings. The Balaban J connectivity index is 1.08. The Morgan fingerprint density at radius 2 is 1.78 bits per heavy atom. The fourth-order valence-corrected chi connectivity index (χ4v) is 5.35. The molecule has 1 aliphatic heterocycles. The van der Waals surface area contributed by atoms with Crippen LogP contribution in [0.3, 0.4) is 0 Å². The summed E-state index contributed by atoms with van der Waals surface area (Å²) in [6.45, 7) is 0.724. The first-order valence-electron chi connectivity index (χ1n) is 13.0. The highest BCUT2D eigenvalue weighted by Gasteiger charge is 2.32. The number of furan rings is 1. The van der Waals surface area contributed by atoms with Gasteiger partial charge in [0.2, 0.25) is 5.91 Å². The van der Waals surface area contributed by atoms with E-state index >= 15 is 0 Å². The number of hydrogen-bond acceptors (Lipinski definition) is 7. The van der Waals surface area contributed by atoms with Gasteiger partial charge in [-0.3, -0.25) is 14.4 Å². The van der Waals surface area contributed by atoms with E-state index in [1.165, 1.54) is 6.21 Å². The number of carbonyl (C=O) groups is 3. The molecule has 4 aromatic rings. The first-order chi connectivity index (χ1) is 20.0. The van der Waals surface area contributed by atoms with Gasteiger partial charge in [-0.15, -0.1) is 11.8 Å². The Kier molecular flexibility index (Phi) is 9.12. The number of hydrogen-bond donors (Lipinski definition) is 2. The predicted octanol–water partition coefficient (Wildman–Crippen LogP) is 4.51. The summed E-state index contributed by atoms with van der Waals surface area (Å²) in [6.07, 6.45) is 3.07. The SMILES string of the molecule is O=C(COc1ccc(/C=N\NC(=O)c2ccc([C@@H]3SCC(=O)N3Cc3ccccc3)cc2)cc1)NCc1ccco1.